The van der Waals surface area contributed by atoms with E-state index in [2.05, 4.69) is 46.7 Å². The van der Waals surface area contributed by atoms with Gasteiger partial charge in [0.25, 0.3) is 10.9 Å². The van der Waals surface area contributed by atoms with E-state index in [-0.39, 0.29) is 28.9 Å². The third kappa shape index (κ3) is 8.40. The number of ether oxygens (including phenoxy) is 2. The fraction of sp³-hybridized carbons (Fsp3) is 0.697. The molecule has 0 aromatic heterocycles. The van der Waals surface area contributed by atoms with Gasteiger partial charge in [-0.15, -0.1) is 0 Å². The molecule has 2 N–H and O–H groups in total. The Bertz CT molecular complexity index is 1060. The Morgan fingerprint density at radius 2 is 1.77 bits per heavy atom. The van der Waals surface area contributed by atoms with Crippen LogP contribution >= 0.6 is 0 Å². The molecule has 0 unspecified atom stereocenters. The average Bonchev–Trinajstić information content (AvgIpc) is 3.00. The van der Waals surface area contributed by atoms with Crippen LogP contribution in [0.4, 0.5) is 11.4 Å². The second-order valence-electron chi connectivity index (χ2n) is 11.9. The Hall–Kier alpha value is -2.22. The second-order valence-corrected chi connectivity index (χ2v) is 11.9. The van der Waals surface area contributed by atoms with Gasteiger partial charge in [-0.1, -0.05) is 75.8 Å². The molecule has 2 aromatic rings. The van der Waals surface area contributed by atoms with E-state index in [1.54, 1.807) is 7.11 Å². The molecule has 4 rings (SSSR count). The van der Waals surface area contributed by atoms with Crippen LogP contribution in [0, 0.1) is 11.8 Å². The molecule has 40 heavy (non-hydrogen) atoms. The summed E-state index contributed by atoms with van der Waals surface area (Å²) < 4.78 is 11.7. The van der Waals surface area contributed by atoms with E-state index in [4.69, 9.17) is 9.47 Å². The van der Waals surface area contributed by atoms with Crippen molar-refractivity contribution in [1.82, 2.24) is 5.32 Å². The summed E-state index contributed by atoms with van der Waals surface area (Å²) in [6.07, 6.45) is 12.6. The molecular weight excluding hydrogens is 502 g/mol. The van der Waals surface area contributed by atoms with E-state index in [0.29, 0.717) is 37.1 Å². The van der Waals surface area contributed by atoms with Crippen LogP contribution < -0.4 is 26.4 Å². The smallest absolute Gasteiger partial charge is 0.253 e. The Morgan fingerprint density at radius 3 is 2.52 bits per heavy atom. The minimum absolute atomic E-state index is 0.0504. The first-order chi connectivity index (χ1) is 19.6. The predicted octanol–water partition coefficient (Wildman–Crippen LogP) is 5.43. The van der Waals surface area contributed by atoms with E-state index in [0.717, 1.165) is 58.2 Å². The Labute approximate surface area is 240 Å². The van der Waals surface area contributed by atoms with Crippen LogP contribution in [0.25, 0.3) is 0 Å². The summed E-state index contributed by atoms with van der Waals surface area (Å²) in [5, 5.41) is 7.19. The van der Waals surface area contributed by atoms with Crippen LogP contribution in [0.1, 0.15) is 89.2 Å². The lowest BCUT2D eigenvalue weighted by Gasteiger charge is -2.39. The van der Waals surface area contributed by atoms with E-state index in [1.807, 2.05) is 6.07 Å². The van der Waals surface area contributed by atoms with Crippen molar-refractivity contribution >= 4 is 11.4 Å². The van der Waals surface area contributed by atoms with Gasteiger partial charge in [0.15, 0.2) is 0 Å². The van der Waals surface area contributed by atoms with Crippen molar-refractivity contribution in [1.29, 1.82) is 0 Å². The van der Waals surface area contributed by atoms with Crippen LogP contribution in [-0.4, -0.2) is 52.5 Å². The molecule has 2 aliphatic rings. The molecule has 1 aliphatic heterocycles. The highest BCUT2D eigenvalue weighted by molar-refractivity contribution is 5.75. The molecule has 3 atom stereocenters. The van der Waals surface area contributed by atoms with Crippen molar-refractivity contribution in [3.63, 3.8) is 0 Å². The number of nitrogens with zero attached hydrogens (tertiary/aromatic N) is 1. The summed E-state index contributed by atoms with van der Waals surface area (Å²) in [6.45, 7) is 6.82. The summed E-state index contributed by atoms with van der Waals surface area (Å²) in [6, 6.07) is 10.6. The number of anilines is 2. The number of benzene rings is 1. The van der Waals surface area contributed by atoms with Crippen LogP contribution in [-0.2, 0) is 9.47 Å². The molecule has 7 heteroatoms. The lowest BCUT2D eigenvalue weighted by Crippen LogP contribution is -2.49. The molecule has 1 heterocycles. The van der Waals surface area contributed by atoms with E-state index < -0.39 is 0 Å². The van der Waals surface area contributed by atoms with Gasteiger partial charge in [0.05, 0.1) is 6.10 Å². The van der Waals surface area contributed by atoms with Gasteiger partial charge >= 0.3 is 0 Å². The molecule has 2 fully saturated rings. The van der Waals surface area contributed by atoms with Crippen LogP contribution in [0.5, 0.6) is 0 Å². The molecule has 0 radical (unpaired) electrons. The van der Waals surface area contributed by atoms with Crippen molar-refractivity contribution in [3.8, 4) is 0 Å². The number of nitrogens with one attached hydrogen (secondary N) is 2. The van der Waals surface area contributed by atoms with Gasteiger partial charge in [-0.3, -0.25) is 9.59 Å². The molecule has 7 nitrogen and oxygen atoms in total. The van der Waals surface area contributed by atoms with Crippen molar-refractivity contribution < 1.29 is 9.47 Å². The number of piperidine rings is 1. The third-order valence-corrected chi connectivity index (χ3v) is 8.79. The highest BCUT2D eigenvalue weighted by Crippen LogP contribution is 2.36. The monoisotopic (exact) mass is 553 g/mol. The first-order valence-electron chi connectivity index (χ1n) is 15.8. The zero-order chi connectivity index (χ0) is 28.2. The van der Waals surface area contributed by atoms with Gasteiger partial charge in [-0.2, -0.15) is 0 Å². The molecule has 1 aliphatic carbocycles. The molecule has 0 amide bonds. The zero-order valence-electron chi connectivity index (χ0n) is 24.8. The first-order valence-corrected chi connectivity index (χ1v) is 15.8. The lowest BCUT2D eigenvalue weighted by molar-refractivity contribution is -0.00235. The van der Waals surface area contributed by atoms with Gasteiger partial charge in [0, 0.05) is 51.9 Å². The normalized spacial score (nSPS) is 20.1. The minimum atomic E-state index is -0.352. The van der Waals surface area contributed by atoms with Crippen molar-refractivity contribution in [2.45, 2.75) is 89.7 Å². The summed E-state index contributed by atoms with van der Waals surface area (Å²) >= 11 is 0. The molecule has 0 bridgehead atoms. The van der Waals surface area contributed by atoms with Gasteiger partial charge in [-0.25, -0.2) is 0 Å². The Balaban J connectivity index is 1.47. The second kappa shape index (κ2) is 16.3. The van der Waals surface area contributed by atoms with Crippen LogP contribution in [0.2, 0.25) is 0 Å². The van der Waals surface area contributed by atoms with Gasteiger partial charge < -0.3 is 25.0 Å². The maximum Gasteiger partial charge on any atom is 0.253 e. The molecule has 222 valence electrons. The maximum atomic E-state index is 13.0. The minimum Gasteiger partial charge on any atom is -0.385 e. The SMILES string of the molecule is CCCCNC[C@H](CC1CCCCC1)Nc1c(N2CCC[C@@H]([C@@H](OCCCOC)c3ccccc3)C2)c(=O)c1=O. The predicted molar refractivity (Wildman–Crippen MR) is 164 cm³/mol. The van der Waals surface area contributed by atoms with Crippen molar-refractivity contribution in [2.24, 2.45) is 11.8 Å². The van der Waals surface area contributed by atoms with Crippen molar-refractivity contribution in [2.75, 3.05) is 56.7 Å². The van der Waals surface area contributed by atoms with E-state index >= 15 is 0 Å². The van der Waals surface area contributed by atoms with Crippen LogP contribution in [0.15, 0.2) is 39.9 Å². The molecule has 1 saturated carbocycles. The lowest BCUT2D eigenvalue weighted by atomic mass is 9.84. The third-order valence-electron chi connectivity index (χ3n) is 8.79. The quantitative estimate of drug-likeness (QED) is 0.200. The number of hydrogen-bond donors (Lipinski definition) is 2. The fourth-order valence-electron chi connectivity index (χ4n) is 6.64. The molecule has 1 saturated heterocycles. The van der Waals surface area contributed by atoms with Gasteiger partial charge in [0.2, 0.25) is 0 Å². The molecular formula is C33H51N3O4. The highest BCUT2D eigenvalue weighted by atomic mass is 16.5. The summed E-state index contributed by atoms with van der Waals surface area (Å²) in [7, 11) is 1.71. The molecule has 0 spiro atoms. The largest absolute Gasteiger partial charge is 0.385 e. The van der Waals surface area contributed by atoms with E-state index in [1.165, 1.54) is 37.7 Å². The summed E-state index contributed by atoms with van der Waals surface area (Å²) in [4.78, 5) is 28.1. The number of unbranched alkanes of at least 4 members (excludes halogenated alkanes) is 1. The van der Waals surface area contributed by atoms with Gasteiger partial charge in [0.1, 0.15) is 11.4 Å². The van der Waals surface area contributed by atoms with Crippen LogP contribution in [0.3, 0.4) is 0 Å². The first kappa shape index (κ1) is 30.7. The zero-order valence-corrected chi connectivity index (χ0v) is 24.8. The van der Waals surface area contributed by atoms with E-state index in [9.17, 15) is 9.59 Å². The average molecular weight is 554 g/mol. The summed E-state index contributed by atoms with van der Waals surface area (Å²) in [5.74, 6) is 0.931. The number of methoxy groups -OCH3 is 1. The maximum absolute atomic E-state index is 13.0. The van der Waals surface area contributed by atoms with Crippen molar-refractivity contribution in [3.05, 3.63) is 56.3 Å². The topological polar surface area (TPSA) is 79.9 Å². The number of rotatable bonds is 17. The standard InChI is InChI=1S/C33H51N3O4/c1-3-4-18-34-23-28(22-25-13-7-5-8-14-25)35-29-30(32(38)31(29)37)36-19-11-17-27(24-36)33(40-21-12-20-39-2)26-15-9-6-10-16-26/h6,9-10,15-16,25,27-28,33-35H,3-5,7-8,11-14,17-24H2,1-2H3/t27-,28+,33+/m1/s1. The summed E-state index contributed by atoms with van der Waals surface area (Å²) in [5.41, 5.74) is 1.62. The van der Waals surface area contributed by atoms with Gasteiger partial charge in [-0.05, 0) is 50.1 Å². The number of hydrogen-bond acceptors (Lipinski definition) is 7. The Morgan fingerprint density at radius 1 is 0.975 bits per heavy atom. The Kier molecular flexibility index (Phi) is 12.5. The molecule has 2 aromatic carbocycles. The highest BCUT2D eigenvalue weighted by Gasteiger charge is 2.34. The fourth-order valence-corrected chi connectivity index (χ4v) is 6.64.